The van der Waals surface area contributed by atoms with Crippen molar-refractivity contribution in [3.05, 3.63) is 24.2 Å². The lowest BCUT2D eigenvalue weighted by Crippen LogP contribution is -2.58. The Kier molecular flexibility index (Phi) is 5.64. The first kappa shape index (κ1) is 15.5. The van der Waals surface area contributed by atoms with Crippen LogP contribution in [-0.2, 0) is 11.3 Å². The van der Waals surface area contributed by atoms with Crippen molar-refractivity contribution >= 4 is 0 Å². The Morgan fingerprint density at radius 1 is 1.45 bits per heavy atom. The van der Waals surface area contributed by atoms with Gasteiger partial charge in [-0.2, -0.15) is 0 Å². The van der Waals surface area contributed by atoms with Crippen LogP contribution in [0, 0.1) is 0 Å². The third-order valence-electron chi connectivity index (χ3n) is 4.50. The summed E-state index contributed by atoms with van der Waals surface area (Å²) in [7, 11) is 0. The van der Waals surface area contributed by atoms with Gasteiger partial charge in [0, 0.05) is 18.7 Å². The van der Waals surface area contributed by atoms with Crippen LogP contribution in [0.15, 0.2) is 22.8 Å². The van der Waals surface area contributed by atoms with Crippen LogP contribution >= 0.6 is 0 Å². The maximum absolute atomic E-state index is 6.17. The van der Waals surface area contributed by atoms with Gasteiger partial charge in [-0.3, -0.25) is 4.90 Å². The summed E-state index contributed by atoms with van der Waals surface area (Å²) in [6, 6.07) is 3.98. The summed E-state index contributed by atoms with van der Waals surface area (Å²) in [5.74, 6) is 1.01. The number of hydrogen-bond donors (Lipinski definition) is 1. The molecule has 0 aromatic carbocycles. The van der Waals surface area contributed by atoms with Crippen molar-refractivity contribution in [2.75, 3.05) is 19.7 Å². The van der Waals surface area contributed by atoms with Gasteiger partial charge in [0.2, 0.25) is 0 Å². The quantitative estimate of drug-likeness (QED) is 0.834. The van der Waals surface area contributed by atoms with Crippen LogP contribution in [0.1, 0.15) is 45.3 Å². The van der Waals surface area contributed by atoms with Crippen molar-refractivity contribution in [3.8, 4) is 0 Å². The molecule has 2 rings (SSSR count). The van der Waals surface area contributed by atoms with Gasteiger partial charge in [0.05, 0.1) is 18.9 Å². The molecule has 2 atom stereocenters. The number of rotatable bonds is 7. The molecule has 20 heavy (non-hydrogen) atoms. The van der Waals surface area contributed by atoms with Crippen molar-refractivity contribution in [3.63, 3.8) is 0 Å². The lowest BCUT2D eigenvalue weighted by Gasteiger charge is -2.47. The number of furan rings is 1. The molecular formula is C16H28N2O2. The van der Waals surface area contributed by atoms with E-state index in [4.69, 9.17) is 14.9 Å². The van der Waals surface area contributed by atoms with E-state index in [1.165, 1.54) is 0 Å². The molecule has 1 fully saturated rings. The van der Waals surface area contributed by atoms with Crippen LogP contribution in [0.2, 0.25) is 0 Å². The number of nitrogens with two attached hydrogens (primary N) is 1. The molecule has 1 saturated heterocycles. The molecule has 1 aromatic heterocycles. The van der Waals surface area contributed by atoms with Crippen molar-refractivity contribution in [2.45, 2.75) is 57.7 Å². The van der Waals surface area contributed by atoms with Gasteiger partial charge < -0.3 is 14.9 Å². The second kappa shape index (κ2) is 7.25. The van der Waals surface area contributed by atoms with E-state index in [-0.39, 0.29) is 5.54 Å². The summed E-state index contributed by atoms with van der Waals surface area (Å²) < 4.78 is 11.4. The molecule has 0 radical (unpaired) electrons. The Balaban J connectivity index is 2.10. The molecular weight excluding hydrogens is 252 g/mol. The molecule has 0 bridgehead atoms. The van der Waals surface area contributed by atoms with Gasteiger partial charge in [-0.1, -0.05) is 20.3 Å². The standard InChI is InChI=1S/C16H28N2O2/c1-3-6-14-11-16(13-17,8-10-20-14)18(4-2)12-15-7-5-9-19-15/h5,7,9,14H,3-4,6,8,10-13,17H2,1-2H3. The molecule has 2 unspecified atom stereocenters. The van der Waals surface area contributed by atoms with Gasteiger partial charge >= 0.3 is 0 Å². The van der Waals surface area contributed by atoms with Gasteiger partial charge in [-0.05, 0) is 37.9 Å². The van der Waals surface area contributed by atoms with E-state index in [0.29, 0.717) is 12.6 Å². The summed E-state index contributed by atoms with van der Waals surface area (Å²) in [6.07, 6.45) is 6.42. The lowest BCUT2D eigenvalue weighted by molar-refractivity contribution is -0.0766. The van der Waals surface area contributed by atoms with Gasteiger partial charge in [0.1, 0.15) is 5.76 Å². The van der Waals surface area contributed by atoms with E-state index in [1.807, 2.05) is 12.1 Å². The Bertz CT molecular complexity index is 378. The van der Waals surface area contributed by atoms with Gasteiger partial charge in [-0.25, -0.2) is 0 Å². The zero-order chi connectivity index (χ0) is 14.4. The highest BCUT2D eigenvalue weighted by molar-refractivity contribution is 5.02. The predicted molar refractivity (Wildman–Crippen MR) is 80.5 cm³/mol. The monoisotopic (exact) mass is 280 g/mol. The third kappa shape index (κ3) is 3.43. The minimum atomic E-state index is 0.0552. The predicted octanol–water partition coefficient (Wildman–Crippen LogP) is 2.78. The number of ether oxygens (including phenoxy) is 1. The summed E-state index contributed by atoms with van der Waals surface area (Å²) in [5, 5.41) is 0. The Hall–Kier alpha value is -0.840. The highest BCUT2D eigenvalue weighted by Crippen LogP contribution is 2.33. The van der Waals surface area contributed by atoms with Crippen LogP contribution in [0.5, 0.6) is 0 Å². The molecule has 4 nitrogen and oxygen atoms in total. The maximum Gasteiger partial charge on any atom is 0.117 e. The van der Waals surface area contributed by atoms with Crippen molar-refractivity contribution in [1.82, 2.24) is 4.90 Å². The molecule has 2 N–H and O–H groups in total. The molecule has 0 saturated carbocycles. The summed E-state index contributed by atoms with van der Waals surface area (Å²) in [6.45, 7) is 7.73. The van der Waals surface area contributed by atoms with E-state index in [9.17, 15) is 0 Å². The van der Waals surface area contributed by atoms with E-state index in [1.54, 1.807) is 6.26 Å². The van der Waals surface area contributed by atoms with Gasteiger partial charge in [0.15, 0.2) is 0 Å². The van der Waals surface area contributed by atoms with Crippen LogP contribution in [0.4, 0.5) is 0 Å². The Labute approximate surface area is 122 Å². The number of hydrogen-bond acceptors (Lipinski definition) is 4. The summed E-state index contributed by atoms with van der Waals surface area (Å²) in [5.41, 5.74) is 6.23. The molecule has 2 heterocycles. The van der Waals surface area contributed by atoms with Crippen LogP contribution in [-0.4, -0.2) is 36.2 Å². The number of likely N-dealkylation sites (N-methyl/N-ethyl adjacent to an activating group) is 1. The lowest BCUT2D eigenvalue weighted by atomic mass is 9.83. The van der Waals surface area contributed by atoms with E-state index < -0.39 is 0 Å². The number of nitrogens with zero attached hydrogens (tertiary/aromatic N) is 1. The molecule has 0 aliphatic carbocycles. The Morgan fingerprint density at radius 2 is 2.30 bits per heavy atom. The van der Waals surface area contributed by atoms with Crippen LogP contribution in [0.3, 0.4) is 0 Å². The van der Waals surface area contributed by atoms with E-state index in [0.717, 1.165) is 51.1 Å². The normalized spacial score (nSPS) is 27.1. The second-order valence-corrected chi connectivity index (χ2v) is 5.76. The largest absolute Gasteiger partial charge is 0.468 e. The third-order valence-corrected chi connectivity index (χ3v) is 4.50. The van der Waals surface area contributed by atoms with Gasteiger partial charge in [-0.15, -0.1) is 0 Å². The van der Waals surface area contributed by atoms with Crippen LogP contribution in [0.25, 0.3) is 0 Å². The first-order valence-electron chi connectivity index (χ1n) is 7.83. The van der Waals surface area contributed by atoms with E-state index in [2.05, 4.69) is 18.7 Å². The maximum atomic E-state index is 6.17. The summed E-state index contributed by atoms with van der Waals surface area (Å²) in [4.78, 5) is 2.47. The Morgan fingerprint density at radius 3 is 2.90 bits per heavy atom. The minimum Gasteiger partial charge on any atom is -0.468 e. The fourth-order valence-electron chi connectivity index (χ4n) is 3.32. The summed E-state index contributed by atoms with van der Waals surface area (Å²) >= 11 is 0. The minimum absolute atomic E-state index is 0.0552. The second-order valence-electron chi connectivity index (χ2n) is 5.76. The fraction of sp³-hybridized carbons (Fsp3) is 0.750. The zero-order valence-electron chi connectivity index (χ0n) is 12.8. The first-order chi connectivity index (χ1) is 9.74. The van der Waals surface area contributed by atoms with E-state index >= 15 is 0 Å². The zero-order valence-corrected chi connectivity index (χ0v) is 12.8. The highest BCUT2D eigenvalue weighted by atomic mass is 16.5. The van der Waals surface area contributed by atoms with Crippen LogP contribution < -0.4 is 5.73 Å². The average molecular weight is 280 g/mol. The molecule has 1 aliphatic rings. The smallest absolute Gasteiger partial charge is 0.117 e. The molecule has 0 spiro atoms. The highest BCUT2D eigenvalue weighted by Gasteiger charge is 2.40. The molecule has 114 valence electrons. The average Bonchev–Trinajstić information content (AvgIpc) is 2.98. The SMILES string of the molecule is CCCC1CC(CN)(N(CC)Cc2ccco2)CCO1. The first-order valence-corrected chi connectivity index (χ1v) is 7.83. The van der Waals surface area contributed by atoms with Crippen molar-refractivity contribution in [2.24, 2.45) is 5.73 Å². The van der Waals surface area contributed by atoms with Crippen molar-refractivity contribution < 1.29 is 9.15 Å². The fourth-order valence-corrected chi connectivity index (χ4v) is 3.32. The van der Waals surface area contributed by atoms with Crippen molar-refractivity contribution in [1.29, 1.82) is 0 Å². The molecule has 1 aliphatic heterocycles. The molecule has 1 aromatic rings. The topological polar surface area (TPSA) is 51.6 Å². The van der Waals surface area contributed by atoms with Gasteiger partial charge in [0.25, 0.3) is 0 Å². The molecule has 4 heteroatoms. The molecule has 0 amide bonds.